The van der Waals surface area contributed by atoms with E-state index in [0.29, 0.717) is 11.4 Å². The molecular weight excluding hydrogens is 400 g/mol. The number of aromatic nitrogens is 2. The molecule has 0 amide bonds. The minimum absolute atomic E-state index is 0.252. The van der Waals surface area contributed by atoms with Gasteiger partial charge < -0.3 is 21.2 Å². The molecule has 1 aromatic heterocycles. The zero-order valence-electron chi connectivity index (χ0n) is 18.3. The Hall–Kier alpha value is -3.32. The molecule has 0 aliphatic carbocycles. The molecule has 1 fully saturated rings. The van der Waals surface area contributed by atoms with E-state index in [2.05, 4.69) is 38.7 Å². The SMILES string of the molecule is Nc1cccc(Nc2ncc3c([n+]2[O-])-c2cc(CCCN4CCCC4)ccc2NCC3)c1. The second-order valence-corrected chi connectivity index (χ2v) is 8.71. The number of nitrogens with two attached hydrogens (primary N) is 1. The lowest BCUT2D eigenvalue weighted by Crippen LogP contribution is -2.35. The summed E-state index contributed by atoms with van der Waals surface area (Å²) in [6.45, 7) is 4.38. The highest BCUT2D eigenvalue weighted by atomic mass is 16.5. The first-order valence-corrected chi connectivity index (χ1v) is 11.5. The fourth-order valence-electron chi connectivity index (χ4n) is 4.72. The maximum Gasteiger partial charge on any atom is 0.397 e. The molecule has 0 saturated carbocycles. The Morgan fingerprint density at radius 3 is 2.88 bits per heavy atom. The van der Waals surface area contributed by atoms with Gasteiger partial charge in [-0.2, -0.15) is 0 Å². The summed E-state index contributed by atoms with van der Waals surface area (Å²) in [5.41, 5.74) is 12.1. The molecule has 4 N–H and O–H groups in total. The van der Waals surface area contributed by atoms with Gasteiger partial charge in [0.25, 0.3) is 0 Å². The van der Waals surface area contributed by atoms with Gasteiger partial charge in [-0.25, -0.2) is 10.0 Å². The molecule has 1 saturated heterocycles. The Bertz CT molecular complexity index is 1110. The van der Waals surface area contributed by atoms with Crippen molar-refractivity contribution in [2.75, 3.05) is 42.5 Å². The van der Waals surface area contributed by atoms with Gasteiger partial charge in [-0.15, -0.1) is 0 Å². The molecule has 2 aliphatic rings. The number of likely N-dealkylation sites (tertiary alicyclic amines) is 1. The molecule has 3 heterocycles. The van der Waals surface area contributed by atoms with Crippen LogP contribution in [-0.4, -0.2) is 36.1 Å². The first-order chi connectivity index (χ1) is 15.7. The quantitative estimate of drug-likeness (QED) is 0.314. The number of fused-ring (bicyclic) bond motifs is 3. The normalized spacial score (nSPS) is 15.5. The predicted molar refractivity (Wildman–Crippen MR) is 129 cm³/mol. The average Bonchev–Trinajstić information content (AvgIpc) is 3.23. The van der Waals surface area contributed by atoms with Crippen molar-refractivity contribution >= 4 is 23.0 Å². The van der Waals surface area contributed by atoms with Crippen LogP contribution in [0.5, 0.6) is 0 Å². The molecule has 7 nitrogen and oxygen atoms in total. The number of nitrogens with zero attached hydrogens (tertiary/aromatic N) is 3. The highest BCUT2D eigenvalue weighted by Crippen LogP contribution is 2.33. The van der Waals surface area contributed by atoms with Crippen LogP contribution in [0.4, 0.5) is 23.0 Å². The fraction of sp³-hybridized carbons (Fsp3) is 0.360. The zero-order chi connectivity index (χ0) is 21.9. The van der Waals surface area contributed by atoms with Crippen LogP contribution in [0.3, 0.4) is 0 Å². The Labute approximate surface area is 188 Å². The monoisotopic (exact) mass is 430 g/mol. The lowest BCUT2D eigenvalue weighted by molar-refractivity contribution is -0.581. The van der Waals surface area contributed by atoms with Crippen LogP contribution in [0.15, 0.2) is 48.7 Å². The Kier molecular flexibility index (Phi) is 5.81. The van der Waals surface area contributed by atoms with Crippen molar-refractivity contribution < 1.29 is 4.73 Å². The van der Waals surface area contributed by atoms with E-state index in [1.54, 1.807) is 6.07 Å². The van der Waals surface area contributed by atoms with E-state index < -0.39 is 0 Å². The van der Waals surface area contributed by atoms with Crippen LogP contribution in [0, 0.1) is 5.21 Å². The van der Waals surface area contributed by atoms with Gasteiger partial charge in [0.2, 0.25) is 0 Å². The van der Waals surface area contributed by atoms with Crippen LogP contribution < -0.4 is 21.1 Å². The van der Waals surface area contributed by atoms with Crippen molar-refractivity contribution in [2.45, 2.75) is 32.1 Å². The molecule has 0 radical (unpaired) electrons. The van der Waals surface area contributed by atoms with Crippen molar-refractivity contribution in [2.24, 2.45) is 0 Å². The predicted octanol–water partition coefficient (Wildman–Crippen LogP) is 3.70. The summed E-state index contributed by atoms with van der Waals surface area (Å²) in [6.07, 6.45) is 7.36. The van der Waals surface area contributed by atoms with Crippen molar-refractivity contribution in [3.05, 3.63) is 65.0 Å². The van der Waals surface area contributed by atoms with Crippen LogP contribution in [0.1, 0.15) is 30.4 Å². The Balaban J connectivity index is 1.44. The van der Waals surface area contributed by atoms with Crippen molar-refractivity contribution in [1.82, 2.24) is 9.88 Å². The molecule has 3 aromatic rings. The van der Waals surface area contributed by atoms with Gasteiger partial charge in [-0.3, -0.25) is 0 Å². The number of rotatable bonds is 6. The highest BCUT2D eigenvalue weighted by Gasteiger charge is 2.23. The summed E-state index contributed by atoms with van der Waals surface area (Å²) in [7, 11) is 0. The third-order valence-corrected chi connectivity index (χ3v) is 6.37. The molecule has 166 valence electrons. The second kappa shape index (κ2) is 9.04. The Morgan fingerprint density at radius 2 is 2.03 bits per heavy atom. The minimum Gasteiger partial charge on any atom is -0.740 e. The lowest BCUT2D eigenvalue weighted by Gasteiger charge is -2.18. The molecule has 2 aliphatic heterocycles. The van der Waals surface area contributed by atoms with E-state index in [0.717, 1.165) is 59.6 Å². The summed E-state index contributed by atoms with van der Waals surface area (Å²) in [5.74, 6) is 0.252. The van der Waals surface area contributed by atoms with Gasteiger partial charge >= 0.3 is 5.95 Å². The number of hydrogen-bond donors (Lipinski definition) is 3. The molecule has 0 unspecified atom stereocenters. The molecule has 32 heavy (non-hydrogen) atoms. The van der Waals surface area contributed by atoms with Crippen LogP contribution in [0.2, 0.25) is 0 Å². The minimum atomic E-state index is 0.252. The molecule has 2 aromatic carbocycles. The third kappa shape index (κ3) is 4.34. The number of benzene rings is 2. The fourth-order valence-corrected chi connectivity index (χ4v) is 4.72. The summed E-state index contributed by atoms with van der Waals surface area (Å²) >= 11 is 0. The first-order valence-electron chi connectivity index (χ1n) is 11.5. The zero-order valence-corrected chi connectivity index (χ0v) is 18.3. The van der Waals surface area contributed by atoms with Gasteiger partial charge in [0.05, 0.1) is 0 Å². The summed E-state index contributed by atoms with van der Waals surface area (Å²) in [4.78, 5) is 6.96. The van der Waals surface area contributed by atoms with Crippen LogP contribution in [0.25, 0.3) is 11.3 Å². The van der Waals surface area contributed by atoms with Gasteiger partial charge in [0.15, 0.2) is 0 Å². The number of nitrogens with one attached hydrogen (secondary N) is 2. The lowest BCUT2D eigenvalue weighted by atomic mass is 10.00. The van der Waals surface area contributed by atoms with Crippen LogP contribution in [-0.2, 0) is 12.8 Å². The first kappa shape index (κ1) is 20.6. The second-order valence-electron chi connectivity index (χ2n) is 8.71. The molecular formula is C25H30N6O. The number of anilines is 4. The van der Waals surface area contributed by atoms with Crippen LogP contribution >= 0.6 is 0 Å². The van der Waals surface area contributed by atoms with E-state index in [9.17, 15) is 5.21 Å². The third-order valence-electron chi connectivity index (χ3n) is 6.37. The number of nitrogen functional groups attached to an aromatic ring is 1. The maximum atomic E-state index is 13.4. The Morgan fingerprint density at radius 1 is 1.16 bits per heavy atom. The standard InChI is InChI=1S/C25H30N6O/c26-20-6-3-7-21(16-20)29-25-28-17-19-10-11-27-23-9-8-18(15-22(23)24(19)31(25)32)5-4-14-30-12-1-2-13-30/h3,6-9,15-17,27H,1-2,4-5,10-14,26H2,(H,28,29). The van der Waals surface area contributed by atoms with Crippen molar-refractivity contribution in [3.8, 4) is 11.3 Å². The van der Waals surface area contributed by atoms with Gasteiger partial charge in [-0.1, -0.05) is 17.1 Å². The van der Waals surface area contributed by atoms with Gasteiger partial charge in [0, 0.05) is 29.0 Å². The maximum absolute atomic E-state index is 13.4. The van der Waals surface area contributed by atoms with Crippen molar-refractivity contribution in [3.63, 3.8) is 0 Å². The number of hydrogen-bond acceptors (Lipinski definition) is 6. The largest absolute Gasteiger partial charge is 0.740 e. The summed E-state index contributed by atoms with van der Waals surface area (Å²) in [5, 5.41) is 20.1. The topological polar surface area (TPSA) is 93.1 Å². The van der Waals surface area contributed by atoms with E-state index in [4.69, 9.17) is 5.73 Å². The average molecular weight is 431 g/mol. The number of aryl methyl sites for hydroxylation is 1. The van der Waals surface area contributed by atoms with Gasteiger partial charge in [0.1, 0.15) is 17.6 Å². The molecule has 7 heteroatoms. The smallest absolute Gasteiger partial charge is 0.397 e. The summed E-state index contributed by atoms with van der Waals surface area (Å²) < 4.78 is 0.929. The molecule has 0 bridgehead atoms. The molecule has 0 spiro atoms. The van der Waals surface area contributed by atoms with Crippen molar-refractivity contribution in [1.29, 1.82) is 0 Å². The highest BCUT2D eigenvalue weighted by molar-refractivity contribution is 5.78. The van der Waals surface area contributed by atoms with E-state index in [-0.39, 0.29) is 5.95 Å². The van der Waals surface area contributed by atoms with E-state index in [1.807, 2.05) is 24.4 Å². The van der Waals surface area contributed by atoms with E-state index in [1.165, 1.54) is 31.5 Å². The molecule has 0 atom stereocenters. The van der Waals surface area contributed by atoms with Gasteiger partial charge in [-0.05, 0) is 87.6 Å². The molecule has 5 rings (SSSR count). The summed E-state index contributed by atoms with van der Waals surface area (Å²) in [6, 6.07) is 13.8. The van der Waals surface area contributed by atoms with E-state index >= 15 is 0 Å².